The molecule has 0 saturated carbocycles. The lowest BCUT2D eigenvalue weighted by Gasteiger charge is -2.13. The van der Waals surface area contributed by atoms with Crippen molar-refractivity contribution in [3.63, 3.8) is 0 Å². The quantitative estimate of drug-likeness (QED) is 0.483. The van der Waals surface area contributed by atoms with E-state index in [0.717, 1.165) is 52.8 Å². The molecule has 0 radical (unpaired) electrons. The third-order valence-electron chi connectivity index (χ3n) is 5.60. The van der Waals surface area contributed by atoms with E-state index in [2.05, 4.69) is 15.3 Å². The number of hydrogen-bond donors (Lipinski definition) is 4. The van der Waals surface area contributed by atoms with E-state index in [1.807, 2.05) is 38.3 Å². The maximum absolute atomic E-state index is 12.7. The van der Waals surface area contributed by atoms with Gasteiger partial charge in [0.05, 0.1) is 22.5 Å². The predicted molar refractivity (Wildman–Crippen MR) is 117 cm³/mol. The number of phenolic OH excluding ortho intramolecular Hbond substituents is 1. The maximum atomic E-state index is 12.7. The number of likely N-dealkylation sites (N-methyl/N-ethyl adjacent to an activating group) is 2. The van der Waals surface area contributed by atoms with Crippen molar-refractivity contribution in [3.8, 4) is 17.0 Å². The third-order valence-corrected chi connectivity index (χ3v) is 5.60. The molecule has 0 unspecified atom stereocenters. The minimum atomic E-state index is -0.196. The Morgan fingerprint density at radius 1 is 1.07 bits per heavy atom. The summed E-state index contributed by atoms with van der Waals surface area (Å²) >= 11 is 0. The smallest absolute Gasteiger partial charge is 0.202 e. The van der Waals surface area contributed by atoms with E-state index in [9.17, 15) is 14.7 Å². The van der Waals surface area contributed by atoms with E-state index in [1.54, 1.807) is 6.07 Å². The highest BCUT2D eigenvalue weighted by atomic mass is 16.3. The van der Waals surface area contributed by atoms with Gasteiger partial charge in [0, 0.05) is 23.7 Å². The minimum Gasteiger partial charge on any atom is -0.507 e. The van der Waals surface area contributed by atoms with Crippen molar-refractivity contribution in [1.82, 2.24) is 20.2 Å². The Morgan fingerprint density at radius 2 is 1.83 bits per heavy atom. The van der Waals surface area contributed by atoms with Gasteiger partial charge >= 0.3 is 0 Å². The normalized spacial score (nSPS) is 13.6. The molecule has 1 aromatic carbocycles. The molecule has 7 heteroatoms. The number of carbonyl (C=O) groups excluding carboxylic acids is 2. The number of H-pyrrole nitrogens is 2. The van der Waals surface area contributed by atoms with Gasteiger partial charge in [0.2, 0.25) is 5.78 Å². The lowest BCUT2D eigenvalue weighted by Crippen LogP contribution is -2.17. The van der Waals surface area contributed by atoms with E-state index in [0.29, 0.717) is 17.7 Å². The molecule has 1 aliphatic carbocycles. The summed E-state index contributed by atoms with van der Waals surface area (Å²) in [5.41, 5.74) is 5.02. The molecule has 1 aliphatic rings. The summed E-state index contributed by atoms with van der Waals surface area (Å²) in [5, 5.41) is 14.4. The summed E-state index contributed by atoms with van der Waals surface area (Å²) in [6.07, 6.45) is 5.96. The van der Waals surface area contributed by atoms with Gasteiger partial charge in [0.1, 0.15) is 5.75 Å². The third kappa shape index (κ3) is 3.36. The number of aromatic amines is 2. The van der Waals surface area contributed by atoms with E-state index in [1.165, 1.54) is 12.2 Å². The van der Waals surface area contributed by atoms with Crippen molar-refractivity contribution in [2.24, 2.45) is 0 Å². The van der Waals surface area contributed by atoms with Gasteiger partial charge in [-0.1, -0.05) is 0 Å². The van der Waals surface area contributed by atoms with Crippen LogP contribution in [0.5, 0.6) is 5.75 Å². The monoisotopic (exact) mass is 406 g/mol. The summed E-state index contributed by atoms with van der Waals surface area (Å²) in [4.78, 5) is 33.7. The fraction of sp³-hybridized carbons (Fsp3) is 0.304. The zero-order chi connectivity index (χ0) is 21.4. The van der Waals surface area contributed by atoms with Crippen molar-refractivity contribution in [3.05, 3.63) is 52.9 Å². The van der Waals surface area contributed by atoms with Gasteiger partial charge in [-0.3, -0.25) is 9.59 Å². The van der Waals surface area contributed by atoms with Crippen LogP contribution in [0.3, 0.4) is 0 Å². The van der Waals surface area contributed by atoms with Crippen molar-refractivity contribution in [1.29, 1.82) is 0 Å². The van der Waals surface area contributed by atoms with Gasteiger partial charge in [0.15, 0.2) is 5.78 Å². The first-order valence-corrected chi connectivity index (χ1v) is 10.1. The van der Waals surface area contributed by atoms with E-state index in [-0.39, 0.29) is 17.3 Å². The molecule has 0 atom stereocenters. The number of rotatable bonds is 7. The fourth-order valence-electron chi connectivity index (χ4n) is 4.09. The van der Waals surface area contributed by atoms with Crippen LogP contribution in [0.25, 0.3) is 22.2 Å². The Labute approximate surface area is 174 Å². The SMILES string of the molecule is CNCCc1c[nH]c2c(-c3[nH]c4c(c3CCN(C)C)C(=O)C=CC4=O)ccc(O)c12. The molecular formula is C23H26N4O3. The summed E-state index contributed by atoms with van der Waals surface area (Å²) < 4.78 is 0. The summed E-state index contributed by atoms with van der Waals surface area (Å²) in [6.45, 7) is 1.53. The summed E-state index contributed by atoms with van der Waals surface area (Å²) in [6, 6.07) is 3.50. The van der Waals surface area contributed by atoms with Crippen LogP contribution < -0.4 is 5.32 Å². The zero-order valence-corrected chi connectivity index (χ0v) is 17.4. The molecule has 0 spiro atoms. The van der Waals surface area contributed by atoms with Crippen LogP contribution in [0.2, 0.25) is 0 Å². The van der Waals surface area contributed by atoms with E-state index < -0.39 is 0 Å². The molecule has 0 saturated heterocycles. The minimum absolute atomic E-state index is 0.155. The largest absolute Gasteiger partial charge is 0.507 e. The Kier molecular flexibility index (Phi) is 5.32. The molecule has 3 aromatic rings. The van der Waals surface area contributed by atoms with E-state index in [4.69, 9.17) is 0 Å². The molecule has 0 amide bonds. The lowest BCUT2D eigenvalue weighted by molar-refractivity contribution is 0.0991. The van der Waals surface area contributed by atoms with Crippen LogP contribution in [-0.4, -0.2) is 65.8 Å². The first kappa shape index (κ1) is 20.1. The first-order chi connectivity index (χ1) is 14.4. The Bertz CT molecular complexity index is 1170. The van der Waals surface area contributed by atoms with Gasteiger partial charge in [-0.15, -0.1) is 0 Å². The summed E-state index contributed by atoms with van der Waals surface area (Å²) in [5.74, 6) is -0.142. The van der Waals surface area contributed by atoms with Gasteiger partial charge in [-0.25, -0.2) is 0 Å². The Morgan fingerprint density at radius 3 is 2.57 bits per heavy atom. The second-order valence-corrected chi connectivity index (χ2v) is 7.89. The average molecular weight is 406 g/mol. The molecule has 2 aromatic heterocycles. The van der Waals surface area contributed by atoms with Gasteiger partial charge in [0.25, 0.3) is 0 Å². The number of aromatic hydroxyl groups is 1. The van der Waals surface area contributed by atoms with Crippen LogP contribution in [0.15, 0.2) is 30.5 Å². The Hall–Kier alpha value is -3.16. The van der Waals surface area contributed by atoms with Gasteiger partial charge in [-0.2, -0.15) is 0 Å². The predicted octanol–water partition coefficient (Wildman–Crippen LogP) is 2.67. The maximum Gasteiger partial charge on any atom is 0.202 e. The second kappa shape index (κ2) is 7.93. The number of carbonyl (C=O) groups is 2. The zero-order valence-electron chi connectivity index (χ0n) is 17.4. The number of benzene rings is 1. The lowest BCUT2D eigenvalue weighted by atomic mass is 9.93. The molecule has 2 heterocycles. The molecule has 7 nitrogen and oxygen atoms in total. The van der Waals surface area contributed by atoms with Crippen LogP contribution in [-0.2, 0) is 12.8 Å². The van der Waals surface area contributed by atoms with Crippen LogP contribution >= 0.6 is 0 Å². The highest BCUT2D eigenvalue weighted by molar-refractivity contribution is 6.23. The second-order valence-electron chi connectivity index (χ2n) is 7.89. The number of nitrogens with zero attached hydrogens (tertiary/aromatic N) is 1. The number of fused-ring (bicyclic) bond motifs is 2. The molecule has 0 fully saturated rings. The standard InChI is InChI=1S/C23H26N4O3/c1-24-10-8-13-12-25-22-15(4-5-16(28)19(13)22)21-14(9-11-27(2)3)20-17(29)6-7-18(30)23(20)26-21/h4-7,12,24-26,28H,8-11H2,1-3H3. The molecule has 4 rings (SSSR count). The molecular weight excluding hydrogens is 380 g/mol. The highest BCUT2D eigenvalue weighted by Crippen LogP contribution is 2.39. The van der Waals surface area contributed by atoms with Crippen molar-refractivity contribution >= 4 is 22.5 Å². The van der Waals surface area contributed by atoms with Crippen LogP contribution in [0.4, 0.5) is 0 Å². The number of aromatic nitrogens is 2. The highest BCUT2D eigenvalue weighted by Gasteiger charge is 2.29. The van der Waals surface area contributed by atoms with Crippen molar-refractivity contribution in [2.75, 3.05) is 34.2 Å². The average Bonchev–Trinajstić information content (AvgIpc) is 3.31. The number of ketones is 2. The first-order valence-electron chi connectivity index (χ1n) is 10.1. The number of phenols is 1. The van der Waals surface area contributed by atoms with Gasteiger partial charge in [-0.05, 0) is 75.9 Å². The van der Waals surface area contributed by atoms with Crippen molar-refractivity contribution < 1.29 is 14.7 Å². The Balaban J connectivity index is 1.92. The number of nitrogens with one attached hydrogen (secondary N) is 3. The van der Waals surface area contributed by atoms with Gasteiger partial charge < -0.3 is 25.3 Å². The molecule has 30 heavy (non-hydrogen) atoms. The van der Waals surface area contributed by atoms with Crippen LogP contribution in [0, 0.1) is 0 Å². The van der Waals surface area contributed by atoms with Crippen LogP contribution in [0.1, 0.15) is 32.0 Å². The number of allylic oxidation sites excluding steroid dienone is 2. The molecule has 0 aliphatic heterocycles. The topological polar surface area (TPSA) is 101 Å². The molecule has 156 valence electrons. The summed E-state index contributed by atoms with van der Waals surface area (Å²) in [7, 11) is 5.84. The molecule has 4 N–H and O–H groups in total. The number of hydrogen-bond acceptors (Lipinski definition) is 5. The van der Waals surface area contributed by atoms with E-state index >= 15 is 0 Å². The molecule has 0 bridgehead atoms. The van der Waals surface area contributed by atoms with Crippen molar-refractivity contribution in [2.45, 2.75) is 12.8 Å². The fourth-order valence-corrected chi connectivity index (χ4v) is 4.09.